The van der Waals surface area contributed by atoms with Gasteiger partial charge in [0.25, 0.3) is 0 Å². The molecule has 0 saturated heterocycles. The SMILES string of the molecule is C=C(Cl)C(=O)OC[CH2-].C=C(F)C(=O)OC.[CH3-].[Rf].[Rf].c1ccc(-c2ccccc2)cc1. The molecular formula is C22H24ClFO4Rf2-2. The number of carbonyl (C=O) groups is 2. The molecule has 2 rings (SSSR count). The number of benzene rings is 2. The fourth-order valence-corrected chi connectivity index (χ4v) is 1.60. The molecule has 8 heteroatoms. The summed E-state index contributed by atoms with van der Waals surface area (Å²) in [5, 5.41) is -0.117. The van der Waals surface area contributed by atoms with Crippen LogP contribution in [0.2, 0.25) is 0 Å². The van der Waals surface area contributed by atoms with E-state index in [2.05, 4.69) is 78.1 Å². The summed E-state index contributed by atoms with van der Waals surface area (Å²) >= 11 is 5.11. The maximum absolute atomic E-state index is 11.4. The molecule has 0 heterocycles. The summed E-state index contributed by atoms with van der Waals surface area (Å²) in [6.07, 6.45) is 0. The van der Waals surface area contributed by atoms with E-state index in [1.165, 1.54) is 11.1 Å². The number of hydrogen-bond acceptors (Lipinski definition) is 4. The Kier molecular flexibility index (Phi) is 20.6. The molecular weight excluding hydrogens is 917 g/mol. The molecule has 0 aliphatic rings. The molecule has 156 valence electrons. The summed E-state index contributed by atoms with van der Waals surface area (Å²) in [7, 11) is 1.09. The first-order valence-electron chi connectivity index (χ1n) is 7.67. The van der Waals surface area contributed by atoms with E-state index < -0.39 is 17.8 Å². The maximum Gasteiger partial charge on any atom is 0.366 e. The fraction of sp³-hybridized carbons (Fsp3) is 0.0909. The van der Waals surface area contributed by atoms with Crippen molar-refractivity contribution in [2.45, 2.75) is 0 Å². The van der Waals surface area contributed by atoms with Crippen LogP contribution in [0.1, 0.15) is 0 Å². The zero-order chi connectivity index (χ0) is 20.7. The predicted octanol–water partition coefficient (Wildman–Crippen LogP) is 5.56. The Morgan fingerprint density at radius 3 is 1.47 bits per heavy atom. The average molecular weight is 941 g/mol. The molecule has 0 aromatic heterocycles. The summed E-state index contributed by atoms with van der Waals surface area (Å²) in [6, 6.07) is 20.8. The van der Waals surface area contributed by atoms with Crippen molar-refractivity contribution in [3.8, 4) is 11.1 Å². The van der Waals surface area contributed by atoms with Crippen molar-refractivity contribution in [3.63, 3.8) is 0 Å². The molecule has 0 aliphatic carbocycles. The Morgan fingerprint density at radius 1 is 0.933 bits per heavy atom. The van der Waals surface area contributed by atoms with Crippen LogP contribution in [0.4, 0.5) is 4.39 Å². The summed E-state index contributed by atoms with van der Waals surface area (Å²) < 4.78 is 19.6. The van der Waals surface area contributed by atoms with Crippen LogP contribution in [0, 0.1) is 14.4 Å². The molecule has 0 atom stereocenters. The second kappa shape index (κ2) is 18.9. The second-order valence-corrected chi connectivity index (χ2v) is 5.13. The third-order valence-electron chi connectivity index (χ3n) is 2.74. The van der Waals surface area contributed by atoms with E-state index in [1.807, 2.05) is 12.1 Å². The summed E-state index contributed by atoms with van der Waals surface area (Å²) in [6.45, 7) is 9.17. The quantitative estimate of drug-likeness (QED) is 0.229. The average Bonchev–Trinajstić information content (AvgIpc) is 2.69. The van der Waals surface area contributed by atoms with Gasteiger partial charge in [-0.15, -0.1) is 0 Å². The molecule has 30 heavy (non-hydrogen) atoms. The van der Waals surface area contributed by atoms with Crippen LogP contribution < -0.4 is 0 Å². The molecule has 2 aromatic carbocycles. The number of hydrogen-bond donors (Lipinski definition) is 0. The molecule has 4 nitrogen and oxygen atoms in total. The second-order valence-electron chi connectivity index (χ2n) is 4.67. The fourth-order valence-electron chi connectivity index (χ4n) is 1.54. The smallest absolute Gasteiger partial charge is 0.366 e. The van der Waals surface area contributed by atoms with Gasteiger partial charge in [-0.05, 0) is 17.7 Å². The van der Waals surface area contributed by atoms with Gasteiger partial charge in [0.1, 0.15) is 5.03 Å². The topological polar surface area (TPSA) is 52.6 Å². The van der Waals surface area contributed by atoms with Gasteiger partial charge in [0, 0.05) is 0 Å². The zero-order valence-corrected chi connectivity index (χ0v) is 31.0. The minimum Gasteiger partial charge on any atom is -0.495 e. The Bertz CT molecular complexity index is 704. The van der Waals surface area contributed by atoms with Gasteiger partial charge in [0.05, 0.1) is 7.11 Å². The Balaban J connectivity index is -0.000000169. The van der Waals surface area contributed by atoms with Crippen molar-refractivity contribution in [1.29, 1.82) is 0 Å². The van der Waals surface area contributed by atoms with Gasteiger partial charge in [-0.2, -0.15) is 4.39 Å². The van der Waals surface area contributed by atoms with Crippen LogP contribution in [0.5, 0.6) is 0 Å². The molecule has 0 fully saturated rings. The molecule has 0 N–H and O–H groups in total. The molecule has 0 radical (unpaired) electrons. The summed E-state index contributed by atoms with van der Waals surface area (Å²) in [4.78, 5) is 20.1. The Hall–Kier alpha value is -4.92. The third-order valence-corrected chi connectivity index (χ3v) is 2.90. The Labute approximate surface area is 171 Å². The minimum atomic E-state index is -1.07. The van der Waals surface area contributed by atoms with Crippen molar-refractivity contribution in [2.75, 3.05) is 13.7 Å². The molecule has 0 amide bonds. The van der Waals surface area contributed by atoms with E-state index in [1.54, 1.807) is 0 Å². The summed E-state index contributed by atoms with van der Waals surface area (Å²) in [5.41, 5.74) is 2.55. The number of halogens is 2. The normalized spacial score (nSPS) is 7.87. The van der Waals surface area contributed by atoms with Crippen molar-refractivity contribution < 1.29 is 23.5 Å². The largest absolute Gasteiger partial charge is 0.495 e. The van der Waals surface area contributed by atoms with Crippen LogP contribution in [-0.4, -0.2) is 25.7 Å². The van der Waals surface area contributed by atoms with Gasteiger partial charge < -0.3 is 23.8 Å². The van der Waals surface area contributed by atoms with Gasteiger partial charge in [0.15, 0.2) is 0 Å². The molecule has 0 bridgehead atoms. The number of methoxy groups -OCH3 is 1. The van der Waals surface area contributed by atoms with Crippen molar-refractivity contribution in [2.24, 2.45) is 0 Å². The maximum atomic E-state index is 11.4. The monoisotopic (exact) mass is 940 g/mol. The number of carbonyl (C=O) groups excluding carboxylic acids is 2. The standard InChI is InChI=1S/C12H10.C5H6ClO2.C4H5FO2.CH3.2Rf/c1-3-7-11(8-4-1)12-9-5-2-6-10-12;1-3-8-5(7)4(2)6;1-3(5)4(6)7-2;;;/h1-10H;1-3H2;1H2,2H3;1H3;;/q;-1;;-1;;. The van der Waals surface area contributed by atoms with Crippen molar-refractivity contribution in [1.82, 2.24) is 0 Å². The predicted molar refractivity (Wildman–Crippen MR) is 112 cm³/mol. The van der Waals surface area contributed by atoms with Crippen LogP contribution in [0.25, 0.3) is 11.1 Å². The molecule has 2 aromatic rings. The number of ether oxygens (including phenoxy) is 2. The van der Waals surface area contributed by atoms with Gasteiger partial charge >= 0.3 is 11.9 Å². The molecule has 0 unspecified atom stereocenters. The first-order valence-corrected chi connectivity index (χ1v) is 8.05. The molecule has 0 saturated carbocycles. The molecule has 0 spiro atoms. The van der Waals surface area contributed by atoms with Crippen LogP contribution in [-0.2, 0) is 19.1 Å². The van der Waals surface area contributed by atoms with Crippen LogP contribution in [0.3, 0.4) is 0 Å². The van der Waals surface area contributed by atoms with E-state index in [0.29, 0.717) is 0 Å². The first kappa shape index (κ1) is 32.7. The summed E-state index contributed by atoms with van der Waals surface area (Å²) in [5.74, 6) is -2.69. The van der Waals surface area contributed by atoms with Gasteiger partial charge in [-0.3, -0.25) is 0 Å². The molecule has 0 aliphatic heterocycles. The zero-order valence-electron chi connectivity index (χ0n) is 17.4. The van der Waals surface area contributed by atoms with Gasteiger partial charge in [0.2, 0.25) is 5.83 Å². The van der Waals surface area contributed by atoms with Crippen LogP contribution in [0.15, 0.2) is 84.7 Å². The first-order chi connectivity index (χ1) is 12.8. The van der Waals surface area contributed by atoms with E-state index in [0.717, 1.165) is 7.11 Å². The Morgan fingerprint density at radius 2 is 1.30 bits per heavy atom. The van der Waals surface area contributed by atoms with Crippen LogP contribution >= 0.6 is 11.6 Å². The number of esters is 2. The van der Waals surface area contributed by atoms with E-state index in [-0.39, 0.29) is 19.1 Å². The van der Waals surface area contributed by atoms with Gasteiger partial charge in [-0.1, -0.05) is 85.4 Å². The van der Waals surface area contributed by atoms with E-state index in [4.69, 9.17) is 11.6 Å². The minimum absolute atomic E-state index is 0. The van der Waals surface area contributed by atoms with Crippen molar-refractivity contribution in [3.05, 3.63) is 99.0 Å². The van der Waals surface area contributed by atoms with E-state index in [9.17, 15) is 14.0 Å². The van der Waals surface area contributed by atoms with E-state index >= 15 is 0 Å². The third kappa shape index (κ3) is 14.3. The van der Waals surface area contributed by atoms with Crippen molar-refractivity contribution >= 4 is 23.5 Å². The van der Waals surface area contributed by atoms with Gasteiger partial charge in [-0.25, -0.2) is 9.59 Å². The number of rotatable bonds is 4.